The first kappa shape index (κ1) is 13.8. The van der Waals surface area contributed by atoms with Gasteiger partial charge in [-0.25, -0.2) is 4.98 Å². The number of aromatic nitrogens is 2. The number of nitriles is 1. The van der Waals surface area contributed by atoms with Crippen LogP contribution in [0.25, 0.3) is 21.7 Å². The molecule has 0 amide bonds. The quantitative estimate of drug-likeness (QED) is 0.653. The number of rotatable bonds is 1. The lowest BCUT2D eigenvalue weighted by molar-refractivity contribution is 0.413. The summed E-state index contributed by atoms with van der Waals surface area (Å²) in [6.45, 7) is 8.63. The van der Waals surface area contributed by atoms with E-state index in [1.165, 1.54) is 4.88 Å². The number of nitrogens with zero attached hydrogens (tertiary/aromatic N) is 3. The van der Waals surface area contributed by atoms with E-state index in [0.717, 1.165) is 21.7 Å². The van der Waals surface area contributed by atoms with Gasteiger partial charge in [-0.15, -0.1) is 11.3 Å². The van der Waals surface area contributed by atoms with Crippen molar-refractivity contribution in [2.75, 3.05) is 0 Å². The molecule has 0 bridgehead atoms. The van der Waals surface area contributed by atoms with Gasteiger partial charge >= 0.3 is 0 Å². The Morgan fingerprint density at radius 3 is 2.52 bits per heavy atom. The smallest absolute Gasteiger partial charge is 0.151 e. The van der Waals surface area contributed by atoms with Gasteiger partial charge in [-0.1, -0.05) is 0 Å². The molecule has 2 heterocycles. The Morgan fingerprint density at radius 1 is 1.19 bits per heavy atom. The topological polar surface area (TPSA) is 41.6 Å². The lowest BCUT2D eigenvalue weighted by Crippen LogP contribution is -2.22. The van der Waals surface area contributed by atoms with Gasteiger partial charge in [0.2, 0.25) is 0 Å². The van der Waals surface area contributed by atoms with Crippen molar-refractivity contribution in [2.45, 2.75) is 33.2 Å². The third-order valence-corrected chi connectivity index (χ3v) is 4.41. The molecule has 4 heteroatoms. The fourth-order valence-corrected chi connectivity index (χ4v) is 3.40. The molecule has 0 saturated heterocycles. The molecule has 0 fully saturated rings. The highest BCUT2D eigenvalue weighted by Crippen LogP contribution is 2.34. The third kappa shape index (κ3) is 2.34. The Balaban J connectivity index is 2.35. The van der Waals surface area contributed by atoms with E-state index < -0.39 is 0 Å². The van der Waals surface area contributed by atoms with Crippen LogP contribution in [0.3, 0.4) is 0 Å². The van der Waals surface area contributed by atoms with Crippen LogP contribution in [0.4, 0.5) is 0 Å². The standard InChI is InChI=1S/C17H17N3S/c1-11-5-8-15(21-11)16-19-13-9-12(10-18)6-7-14(13)20(16)17(2,3)4/h5-9H,1-4H3. The average Bonchev–Trinajstić information content (AvgIpc) is 3.00. The Morgan fingerprint density at radius 2 is 1.95 bits per heavy atom. The molecule has 3 nitrogen and oxygen atoms in total. The normalized spacial score (nSPS) is 11.8. The number of thiophene rings is 1. The van der Waals surface area contributed by atoms with Crippen molar-refractivity contribution in [3.8, 4) is 16.8 Å². The van der Waals surface area contributed by atoms with Crippen LogP contribution in [0, 0.1) is 18.3 Å². The van der Waals surface area contributed by atoms with Crippen LogP contribution < -0.4 is 0 Å². The second-order valence-electron chi connectivity index (χ2n) is 6.17. The van der Waals surface area contributed by atoms with E-state index in [9.17, 15) is 0 Å². The molecule has 0 atom stereocenters. The molecule has 0 unspecified atom stereocenters. The molecule has 106 valence electrons. The lowest BCUT2D eigenvalue weighted by atomic mass is 10.1. The summed E-state index contributed by atoms with van der Waals surface area (Å²) >= 11 is 1.75. The van der Waals surface area contributed by atoms with E-state index in [0.29, 0.717) is 5.56 Å². The highest BCUT2D eigenvalue weighted by molar-refractivity contribution is 7.15. The maximum atomic E-state index is 9.07. The van der Waals surface area contributed by atoms with Crippen LogP contribution >= 0.6 is 11.3 Å². The minimum Gasteiger partial charge on any atom is -0.318 e. The summed E-state index contributed by atoms with van der Waals surface area (Å²) in [5.74, 6) is 0.977. The summed E-state index contributed by atoms with van der Waals surface area (Å²) in [4.78, 5) is 7.23. The van der Waals surface area contributed by atoms with Crippen molar-refractivity contribution < 1.29 is 0 Å². The molecule has 0 N–H and O–H groups in total. The van der Waals surface area contributed by atoms with Gasteiger partial charge in [-0.2, -0.15) is 5.26 Å². The highest BCUT2D eigenvalue weighted by Gasteiger charge is 2.23. The van der Waals surface area contributed by atoms with E-state index in [1.807, 2.05) is 18.2 Å². The number of fused-ring (bicyclic) bond motifs is 1. The van der Waals surface area contributed by atoms with Gasteiger partial charge in [0, 0.05) is 10.4 Å². The summed E-state index contributed by atoms with van der Waals surface area (Å²) in [7, 11) is 0. The Hall–Kier alpha value is -2.12. The molecule has 0 aliphatic rings. The first-order valence-electron chi connectivity index (χ1n) is 6.90. The molecule has 0 aliphatic heterocycles. The summed E-state index contributed by atoms with van der Waals surface area (Å²) in [6, 6.07) is 12.1. The van der Waals surface area contributed by atoms with Crippen molar-refractivity contribution >= 4 is 22.4 Å². The molecule has 0 spiro atoms. The SMILES string of the molecule is Cc1ccc(-c2nc3cc(C#N)ccc3n2C(C)(C)C)s1. The number of aryl methyl sites for hydroxylation is 1. The average molecular weight is 295 g/mol. The van der Waals surface area contributed by atoms with E-state index >= 15 is 0 Å². The van der Waals surface area contributed by atoms with Crippen LogP contribution in [-0.4, -0.2) is 9.55 Å². The molecule has 3 rings (SSSR count). The first-order chi connectivity index (χ1) is 9.90. The Labute approximate surface area is 128 Å². The fourth-order valence-electron chi connectivity index (χ4n) is 2.55. The van der Waals surface area contributed by atoms with Crippen LogP contribution in [-0.2, 0) is 5.54 Å². The summed E-state index contributed by atoms with van der Waals surface area (Å²) in [5.41, 5.74) is 2.53. The first-order valence-corrected chi connectivity index (χ1v) is 7.72. The predicted octanol–water partition coefficient (Wildman–Crippen LogP) is 4.70. The number of benzene rings is 1. The Bertz CT molecular complexity index is 856. The van der Waals surface area contributed by atoms with E-state index in [4.69, 9.17) is 10.2 Å². The Kier molecular flexibility index (Phi) is 3.11. The van der Waals surface area contributed by atoms with Crippen LogP contribution in [0.5, 0.6) is 0 Å². The molecule has 0 saturated carbocycles. The number of hydrogen-bond acceptors (Lipinski definition) is 3. The molecule has 3 aromatic rings. The third-order valence-electron chi connectivity index (χ3n) is 3.42. The molecule has 1 aromatic carbocycles. The van der Waals surface area contributed by atoms with Crippen LogP contribution in [0.1, 0.15) is 31.2 Å². The second kappa shape index (κ2) is 4.71. The van der Waals surface area contributed by atoms with Gasteiger partial charge in [-0.05, 0) is 58.0 Å². The fraction of sp³-hybridized carbons (Fsp3) is 0.294. The minimum atomic E-state index is -0.0733. The van der Waals surface area contributed by atoms with Gasteiger partial charge < -0.3 is 4.57 Å². The zero-order valence-corrected chi connectivity index (χ0v) is 13.5. The van der Waals surface area contributed by atoms with Crippen molar-refractivity contribution in [2.24, 2.45) is 0 Å². The van der Waals surface area contributed by atoms with Crippen molar-refractivity contribution in [3.63, 3.8) is 0 Å². The van der Waals surface area contributed by atoms with Crippen molar-refractivity contribution in [1.82, 2.24) is 9.55 Å². The summed E-state index contributed by atoms with van der Waals surface area (Å²) < 4.78 is 2.26. The summed E-state index contributed by atoms with van der Waals surface area (Å²) in [6.07, 6.45) is 0. The molecule has 2 aromatic heterocycles. The van der Waals surface area contributed by atoms with Gasteiger partial charge in [0.05, 0.1) is 27.5 Å². The van der Waals surface area contributed by atoms with Crippen LogP contribution in [0.2, 0.25) is 0 Å². The predicted molar refractivity (Wildman–Crippen MR) is 87.5 cm³/mol. The molecular formula is C17H17N3S. The second-order valence-corrected chi connectivity index (χ2v) is 7.46. The zero-order valence-electron chi connectivity index (χ0n) is 12.6. The van der Waals surface area contributed by atoms with E-state index in [1.54, 1.807) is 11.3 Å². The molecule has 0 aliphatic carbocycles. The maximum absolute atomic E-state index is 9.07. The van der Waals surface area contributed by atoms with E-state index in [-0.39, 0.29) is 5.54 Å². The van der Waals surface area contributed by atoms with E-state index in [2.05, 4.69) is 50.5 Å². The molecular weight excluding hydrogens is 278 g/mol. The van der Waals surface area contributed by atoms with Crippen molar-refractivity contribution in [1.29, 1.82) is 5.26 Å². The van der Waals surface area contributed by atoms with Crippen LogP contribution in [0.15, 0.2) is 30.3 Å². The highest BCUT2D eigenvalue weighted by atomic mass is 32.1. The maximum Gasteiger partial charge on any atom is 0.151 e. The monoisotopic (exact) mass is 295 g/mol. The number of imidazole rings is 1. The molecule has 0 radical (unpaired) electrons. The van der Waals surface area contributed by atoms with Gasteiger partial charge in [-0.3, -0.25) is 0 Å². The van der Waals surface area contributed by atoms with Gasteiger partial charge in [0.15, 0.2) is 5.82 Å². The minimum absolute atomic E-state index is 0.0733. The number of hydrogen-bond donors (Lipinski definition) is 0. The van der Waals surface area contributed by atoms with Crippen molar-refractivity contribution in [3.05, 3.63) is 40.8 Å². The summed E-state index contributed by atoms with van der Waals surface area (Å²) in [5, 5.41) is 9.07. The van der Waals surface area contributed by atoms with Gasteiger partial charge in [0.1, 0.15) is 0 Å². The zero-order chi connectivity index (χ0) is 15.2. The molecule has 21 heavy (non-hydrogen) atoms. The van der Waals surface area contributed by atoms with Gasteiger partial charge in [0.25, 0.3) is 0 Å². The largest absolute Gasteiger partial charge is 0.318 e. The lowest BCUT2D eigenvalue weighted by Gasteiger charge is -2.24.